The van der Waals surface area contributed by atoms with Crippen molar-refractivity contribution in [2.24, 2.45) is 28.0 Å². The molecule has 2 aromatic rings. The van der Waals surface area contributed by atoms with Crippen LogP contribution in [-0.2, 0) is 9.59 Å². The van der Waals surface area contributed by atoms with Gasteiger partial charge in [-0.2, -0.15) is 10.2 Å². The minimum Gasteiger partial charge on any atom is -0.494 e. The third-order valence-corrected chi connectivity index (χ3v) is 7.87. The second-order valence-electron chi connectivity index (χ2n) is 10.8. The summed E-state index contributed by atoms with van der Waals surface area (Å²) < 4.78 is 17.6. The van der Waals surface area contributed by atoms with E-state index in [1.807, 2.05) is 63.2 Å². The van der Waals surface area contributed by atoms with Crippen LogP contribution in [0.2, 0.25) is 0 Å². The standard InChI is InChI=1S/C33H40N4O5/c1-4-40-28-17-14-24(21-29(28)41-5-2)32-26-10-6-7-11-27(26)33(39)37(36-32)18-8-9-19-42-25-15-12-23(13-16-25)31-22(3)20-30(38)34-35-31/h6-7,12-17,21-22,26-27H,4-5,8-11,18-20H2,1-3H3,(H,34,38)/t22?,26-,27+/m1/s1. The molecule has 42 heavy (non-hydrogen) atoms. The van der Waals surface area contributed by atoms with E-state index in [-0.39, 0.29) is 29.6 Å². The van der Waals surface area contributed by atoms with Gasteiger partial charge in [0.15, 0.2) is 11.5 Å². The molecule has 0 aromatic heterocycles. The number of amides is 2. The Morgan fingerprint density at radius 2 is 1.57 bits per heavy atom. The summed E-state index contributed by atoms with van der Waals surface area (Å²) in [6.45, 7) is 8.08. The molecule has 0 fully saturated rings. The SMILES string of the molecule is CCOc1ccc(C2=NN(CCCCOc3ccc(C4=NNC(=O)CC4C)cc3)C(=O)[C@H]3CC=CC[C@@H]23)cc1OCC. The number of unbranched alkanes of at least 4 members (excludes halogenated alkanes) is 1. The molecule has 2 aliphatic heterocycles. The molecule has 0 saturated carbocycles. The largest absolute Gasteiger partial charge is 0.494 e. The number of carbonyl (C=O) groups excluding carboxylic acids is 2. The van der Waals surface area contributed by atoms with Gasteiger partial charge in [0.1, 0.15) is 5.75 Å². The smallest absolute Gasteiger partial charge is 0.246 e. The molecule has 3 aliphatic rings. The maximum atomic E-state index is 13.4. The summed E-state index contributed by atoms with van der Waals surface area (Å²) in [6.07, 6.45) is 7.80. The zero-order valence-corrected chi connectivity index (χ0v) is 24.7. The van der Waals surface area contributed by atoms with Crippen molar-refractivity contribution in [3.8, 4) is 17.2 Å². The third kappa shape index (κ3) is 6.66. The van der Waals surface area contributed by atoms with Gasteiger partial charge < -0.3 is 14.2 Å². The molecule has 0 saturated heterocycles. The van der Waals surface area contributed by atoms with Crippen molar-refractivity contribution in [2.75, 3.05) is 26.4 Å². The van der Waals surface area contributed by atoms with Crippen LogP contribution in [0.25, 0.3) is 0 Å². The summed E-state index contributed by atoms with van der Waals surface area (Å²) in [4.78, 5) is 24.9. The first-order valence-corrected chi connectivity index (χ1v) is 15.0. The molecule has 222 valence electrons. The van der Waals surface area contributed by atoms with E-state index in [0.717, 1.165) is 54.0 Å². The molecule has 1 aliphatic carbocycles. The molecule has 1 unspecified atom stereocenters. The fraction of sp³-hybridized carbons (Fsp3) is 0.455. The van der Waals surface area contributed by atoms with Crippen LogP contribution in [-0.4, -0.2) is 54.6 Å². The van der Waals surface area contributed by atoms with Crippen LogP contribution in [0.3, 0.4) is 0 Å². The van der Waals surface area contributed by atoms with Crippen molar-refractivity contribution in [3.63, 3.8) is 0 Å². The zero-order chi connectivity index (χ0) is 29.5. The van der Waals surface area contributed by atoms with Gasteiger partial charge in [0, 0.05) is 30.4 Å². The summed E-state index contributed by atoms with van der Waals surface area (Å²) in [5.74, 6) is 2.25. The first-order chi connectivity index (χ1) is 20.5. The summed E-state index contributed by atoms with van der Waals surface area (Å²) >= 11 is 0. The Bertz CT molecular complexity index is 1370. The number of ether oxygens (including phenoxy) is 3. The van der Waals surface area contributed by atoms with E-state index in [9.17, 15) is 9.59 Å². The van der Waals surface area contributed by atoms with Crippen molar-refractivity contribution >= 4 is 23.2 Å². The molecule has 9 nitrogen and oxygen atoms in total. The maximum Gasteiger partial charge on any atom is 0.246 e. The Labute approximate surface area is 247 Å². The Balaban J connectivity index is 1.20. The van der Waals surface area contributed by atoms with Gasteiger partial charge in [0.25, 0.3) is 0 Å². The van der Waals surface area contributed by atoms with Gasteiger partial charge in [0.05, 0.1) is 37.2 Å². The fourth-order valence-electron chi connectivity index (χ4n) is 5.75. The van der Waals surface area contributed by atoms with Gasteiger partial charge in [-0.3, -0.25) is 9.59 Å². The Morgan fingerprint density at radius 1 is 0.857 bits per heavy atom. The molecule has 2 amide bonds. The number of fused-ring (bicyclic) bond motifs is 1. The van der Waals surface area contributed by atoms with E-state index < -0.39 is 0 Å². The average molecular weight is 573 g/mol. The average Bonchev–Trinajstić information content (AvgIpc) is 3.00. The van der Waals surface area contributed by atoms with Gasteiger partial charge in [-0.1, -0.05) is 19.1 Å². The lowest BCUT2D eigenvalue weighted by Crippen LogP contribution is -2.45. The number of benzene rings is 2. The van der Waals surface area contributed by atoms with E-state index in [1.54, 1.807) is 5.01 Å². The monoisotopic (exact) mass is 572 g/mol. The molecule has 0 spiro atoms. The molecular formula is C33H40N4O5. The summed E-state index contributed by atoms with van der Waals surface area (Å²) in [7, 11) is 0. The minimum absolute atomic E-state index is 0.0521. The zero-order valence-electron chi connectivity index (χ0n) is 24.7. The van der Waals surface area contributed by atoms with Gasteiger partial charge in [-0.25, -0.2) is 10.4 Å². The Hall–Kier alpha value is -4.14. The fourth-order valence-corrected chi connectivity index (χ4v) is 5.75. The molecule has 2 heterocycles. The maximum absolute atomic E-state index is 13.4. The quantitative estimate of drug-likeness (QED) is 0.274. The molecule has 9 heteroatoms. The first-order valence-electron chi connectivity index (χ1n) is 15.0. The van der Waals surface area contributed by atoms with Crippen LogP contribution in [0.1, 0.15) is 64.0 Å². The van der Waals surface area contributed by atoms with Gasteiger partial charge in [-0.15, -0.1) is 0 Å². The number of allylic oxidation sites excluding steroid dienone is 2. The van der Waals surface area contributed by atoms with Crippen LogP contribution in [0.4, 0.5) is 0 Å². The van der Waals surface area contributed by atoms with Crippen LogP contribution in [0.15, 0.2) is 64.8 Å². The normalized spacial score (nSPS) is 21.7. The molecule has 0 radical (unpaired) electrons. The summed E-state index contributed by atoms with van der Waals surface area (Å²) in [5.41, 5.74) is 6.31. The Morgan fingerprint density at radius 3 is 2.31 bits per heavy atom. The van der Waals surface area contributed by atoms with Crippen molar-refractivity contribution in [3.05, 3.63) is 65.7 Å². The Kier molecular flexibility index (Phi) is 9.56. The highest BCUT2D eigenvalue weighted by Crippen LogP contribution is 2.37. The predicted octanol–water partition coefficient (Wildman–Crippen LogP) is 5.33. The summed E-state index contributed by atoms with van der Waals surface area (Å²) in [5, 5.41) is 10.8. The number of nitrogens with one attached hydrogen (secondary N) is 1. The lowest BCUT2D eigenvalue weighted by molar-refractivity contribution is -0.138. The lowest BCUT2D eigenvalue weighted by atomic mass is 9.76. The molecular weight excluding hydrogens is 532 g/mol. The molecule has 1 N–H and O–H groups in total. The van der Waals surface area contributed by atoms with E-state index in [0.29, 0.717) is 44.3 Å². The van der Waals surface area contributed by atoms with Gasteiger partial charge in [-0.05, 0) is 87.6 Å². The first kappa shape index (κ1) is 29.4. The van der Waals surface area contributed by atoms with E-state index in [2.05, 4.69) is 22.7 Å². The third-order valence-electron chi connectivity index (χ3n) is 7.87. The van der Waals surface area contributed by atoms with E-state index in [1.165, 1.54) is 0 Å². The second kappa shape index (κ2) is 13.7. The second-order valence-corrected chi connectivity index (χ2v) is 10.8. The number of hydrazone groups is 2. The minimum atomic E-state index is -0.107. The number of hydrogen-bond donors (Lipinski definition) is 1. The molecule has 3 atom stereocenters. The van der Waals surface area contributed by atoms with Crippen LogP contribution >= 0.6 is 0 Å². The number of nitrogens with zero attached hydrogens (tertiary/aromatic N) is 3. The highest BCUT2D eigenvalue weighted by Gasteiger charge is 2.40. The highest BCUT2D eigenvalue weighted by molar-refractivity contribution is 6.07. The van der Waals surface area contributed by atoms with Crippen LogP contribution in [0, 0.1) is 17.8 Å². The molecule has 5 rings (SSSR count). The van der Waals surface area contributed by atoms with Crippen LogP contribution < -0.4 is 19.6 Å². The van der Waals surface area contributed by atoms with Gasteiger partial charge >= 0.3 is 0 Å². The topological polar surface area (TPSA) is 102 Å². The number of rotatable bonds is 12. The molecule has 2 aromatic carbocycles. The van der Waals surface area contributed by atoms with Crippen molar-refractivity contribution in [2.45, 2.75) is 52.9 Å². The summed E-state index contributed by atoms with van der Waals surface area (Å²) in [6, 6.07) is 13.7. The van der Waals surface area contributed by atoms with Crippen LogP contribution in [0.5, 0.6) is 17.2 Å². The number of hydrogen-bond acceptors (Lipinski definition) is 7. The number of carbonyl (C=O) groups is 2. The van der Waals surface area contributed by atoms with Crippen molar-refractivity contribution in [1.82, 2.24) is 10.4 Å². The molecule has 0 bridgehead atoms. The van der Waals surface area contributed by atoms with E-state index in [4.69, 9.17) is 19.3 Å². The van der Waals surface area contributed by atoms with Crippen molar-refractivity contribution < 1.29 is 23.8 Å². The van der Waals surface area contributed by atoms with Crippen molar-refractivity contribution in [1.29, 1.82) is 0 Å². The predicted molar refractivity (Wildman–Crippen MR) is 162 cm³/mol. The lowest BCUT2D eigenvalue weighted by Gasteiger charge is -2.37. The van der Waals surface area contributed by atoms with Gasteiger partial charge in [0.2, 0.25) is 11.8 Å². The highest BCUT2D eigenvalue weighted by atomic mass is 16.5. The van der Waals surface area contributed by atoms with E-state index >= 15 is 0 Å².